The van der Waals surface area contributed by atoms with Crippen LogP contribution in [0.25, 0.3) is 0 Å². The van der Waals surface area contributed by atoms with Crippen LogP contribution in [0.2, 0.25) is 0 Å². The van der Waals surface area contributed by atoms with Gasteiger partial charge in [0.25, 0.3) is 0 Å². The molecule has 3 N–H and O–H groups in total. The molecule has 202 valence electrons. The van der Waals surface area contributed by atoms with Gasteiger partial charge < -0.3 is 25.2 Å². The fourth-order valence-electron chi connectivity index (χ4n) is 5.61. The summed E-state index contributed by atoms with van der Waals surface area (Å²) >= 11 is 0. The molecular formula is C26H36N4O7. The van der Waals surface area contributed by atoms with Crippen LogP contribution >= 0.6 is 0 Å². The maximum atomic E-state index is 13.3. The molecule has 1 aromatic rings. The Labute approximate surface area is 216 Å². The Morgan fingerprint density at radius 1 is 1.14 bits per heavy atom. The van der Waals surface area contributed by atoms with Crippen molar-refractivity contribution in [3.05, 3.63) is 23.8 Å². The minimum atomic E-state index is -0.980. The van der Waals surface area contributed by atoms with Crippen LogP contribution in [0.3, 0.4) is 0 Å². The van der Waals surface area contributed by atoms with E-state index in [4.69, 9.17) is 15.2 Å². The number of nitrogens with zero attached hydrogens (tertiary/aromatic N) is 3. The molecule has 11 nitrogen and oxygen atoms in total. The van der Waals surface area contributed by atoms with Crippen molar-refractivity contribution in [1.29, 1.82) is 0 Å². The third-order valence-corrected chi connectivity index (χ3v) is 7.53. The monoisotopic (exact) mass is 516 g/mol. The number of benzene rings is 1. The number of fused-ring (bicyclic) bond motifs is 1. The van der Waals surface area contributed by atoms with E-state index in [1.165, 1.54) is 4.90 Å². The van der Waals surface area contributed by atoms with Crippen molar-refractivity contribution in [2.24, 2.45) is 11.7 Å². The predicted octanol–water partition coefficient (Wildman–Crippen LogP) is 1.01. The number of aliphatic carboxylic acids is 1. The number of imide groups is 1. The van der Waals surface area contributed by atoms with E-state index in [2.05, 4.69) is 6.92 Å². The van der Waals surface area contributed by atoms with Crippen molar-refractivity contribution in [1.82, 2.24) is 14.7 Å². The van der Waals surface area contributed by atoms with E-state index in [9.17, 15) is 24.3 Å². The van der Waals surface area contributed by atoms with Gasteiger partial charge >= 0.3 is 5.97 Å². The molecule has 37 heavy (non-hydrogen) atoms. The Morgan fingerprint density at radius 3 is 2.54 bits per heavy atom. The fourth-order valence-corrected chi connectivity index (χ4v) is 5.61. The lowest BCUT2D eigenvalue weighted by Gasteiger charge is -2.30. The topological polar surface area (TPSA) is 143 Å². The van der Waals surface area contributed by atoms with Crippen LogP contribution in [-0.2, 0) is 19.2 Å². The minimum Gasteiger partial charge on any atom is -0.481 e. The molecule has 0 radical (unpaired) electrons. The molecule has 3 aliphatic heterocycles. The van der Waals surface area contributed by atoms with Gasteiger partial charge in [0.2, 0.25) is 24.5 Å². The van der Waals surface area contributed by atoms with Crippen LogP contribution in [0.15, 0.2) is 18.2 Å². The lowest BCUT2D eigenvalue weighted by Crippen LogP contribution is -2.46. The number of amides is 3. The summed E-state index contributed by atoms with van der Waals surface area (Å²) in [6, 6.07) is 4.88. The number of hydrogen-bond donors (Lipinski definition) is 2. The summed E-state index contributed by atoms with van der Waals surface area (Å²) in [5.41, 5.74) is 6.53. The Bertz CT molecular complexity index is 1020. The van der Waals surface area contributed by atoms with Gasteiger partial charge in [-0.15, -0.1) is 0 Å². The number of carboxylic acid groups (broad SMARTS) is 1. The maximum Gasteiger partial charge on any atom is 0.308 e. The normalized spacial score (nSPS) is 23.2. The van der Waals surface area contributed by atoms with Crippen molar-refractivity contribution in [3.63, 3.8) is 0 Å². The SMILES string of the molecule is CCCCN(CCN)C(=O)CN1CC(c2ccc3c(c2)OCO3)C(C(=O)O)C1CCN1C(=O)CCC1=O. The average molecular weight is 517 g/mol. The molecular weight excluding hydrogens is 480 g/mol. The van der Waals surface area contributed by atoms with Crippen LogP contribution in [0.1, 0.15) is 50.5 Å². The number of unbranched alkanes of at least 4 members (excludes halogenated alkanes) is 1. The number of likely N-dealkylation sites (tertiary alicyclic amines) is 2. The Balaban J connectivity index is 1.59. The zero-order chi connectivity index (χ0) is 26.5. The standard InChI is InChI=1S/C26H36N4O7/c1-2-3-10-28(12-9-27)24(33)15-29-14-18(17-4-5-20-21(13-17)37-16-36-20)25(26(34)35)19(29)8-11-30-22(31)6-7-23(30)32/h4-5,13,18-19,25H,2-3,6-12,14-16,27H2,1H3,(H,34,35). The van der Waals surface area contributed by atoms with Gasteiger partial charge in [0.1, 0.15) is 0 Å². The van der Waals surface area contributed by atoms with Crippen LogP contribution in [0, 0.1) is 5.92 Å². The first-order valence-electron chi connectivity index (χ1n) is 13.0. The third kappa shape index (κ3) is 5.88. The van der Waals surface area contributed by atoms with Gasteiger partial charge in [0, 0.05) is 57.5 Å². The minimum absolute atomic E-state index is 0.0428. The van der Waals surface area contributed by atoms with E-state index in [1.807, 2.05) is 11.0 Å². The summed E-state index contributed by atoms with van der Waals surface area (Å²) in [5.74, 6) is -1.63. The molecule has 3 aliphatic rings. The second kappa shape index (κ2) is 11.9. The molecule has 0 bridgehead atoms. The molecule has 11 heteroatoms. The molecule has 3 unspecified atom stereocenters. The number of ether oxygens (including phenoxy) is 2. The summed E-state index contributed by atoms with van der Waals surface area (Å²) in [7, 11) is 0. The molecule has 3 atom stereocenters. The molecule has 0 spiro atoms. The van der Waals surface area contributed by atoms with E-state index in [0.717, 1.165) is 18.4 Å². The Hall–Kier alpha value is -3.18. The highest BCUT2D eigenvalue weighted by molar-refractivity contribution is 6.01. The highest BCUT2D eigenvalue weighted by Crippen LogP contribution is 2.42. The number of carbonyl (C=O) groups excluding carboxylic acids is 3. The van der Waals surface area contributed by atoms with Gasteiger partial charge in [-0.05, 0) is 30.5 Å². The van der Waals surface area contributed by atoms with Gasteiger partial charge in [-0.3, -0.25) is 29.0 Å². The van der Waals surface area contributed by atoms with Crippen molar-refractivity contribution in [3.8, 4) is 11.5 Å². The first-order valence-corrected chi connectivity index (χ1v) is 13.0. The first-order chi connectivity index (χ1) is 17.8. The highest BCUT2D eigenvalue weighted by Gasteiger charge is 2.48. The fraction of sp³-hybridized carbons (Fsp3) is 0.615. The summed E-state index contributed by atoms with van der Waals surface area (Å²) < 4.78 is 10.9. The summed E-state index contributed by atoms with van der Waals surface area (Å²) in [4.78, 5) is 55.2. The van der Waals surface area contributed by atoms with E-state index in [1.54, 1.807) is 17.0 Å². The van der Waals surface area contributed by atoms with Gasteiger partial charge in [-0.1, -0.05) is 19.4 Å². The zero-order valence-electron chi connectivity index (χ0n) is 21.3. The second-order valence-corrected chi connectivity index (χ2v) is 9.83. The van der Waals surface area contributed by atoms with Crippen molar-refractivity contribution in [2.75, 3.05) is 46.1 Å². The van der Waals surface area contributed by atoms with Crippen molar-refractivity contribution in [2.45, 2.75) is 51.0 Å². The van der Waals surface area contributed by atoms with Crippen LogP contribution in [0.4, 0.5) is 0 Å². The molecule has 4 rings (SSSR count). The molecule has 0 aromatic heterocycles. The predicted molar refractivity (Wildman–Crippen MR) is 133 cm³/mol. The smallest absolute Gasteiger partial charge is 0.308 e. The van der Waals surface area contributed by atoms with E-state index in [-0.39, 0.29) is 56.9 Å². The van der Waals surface area contributed by atoms with Gasteiger partial charge in [-0.2, -0.15) is 0 Å². The molecule has 0 saturated carbocycles. The number of carbonyl (C=O) groups is 4. The Morgan fingerprint density at radius 2 is 1.86 bits per heavy atom. The Kier molecular flexibility index (Phi) is 8.65. The van der Waals surface area contributed by atoms with E-state index in [0.29, 0.717) is 37.7 Å². The van der Waals surface area contributed by atoms with Crippen molar-refractivity contribution < 1.29 is 33.8 Å². The number of rotatable bonds is 12. The lowest BCUT2D eigenvalue weighted by molar-refractivity contribution is -0.144. The van der Waals surface area contributed by atoms with E-state index >= 15 is 0 Å². The first kappa shape index (κ1) is 26.9. The van der Waals surface area contributed by atoms with Gasteiger partial charge in [0.05, 0.1) is 12.5 Å². The molecule has 2 saturated heterocycles. The summed E-state index contributed by atoms with van der Waals surface area (Å²) in [6.45, 7) is 4.05. The quantitative estimate of drug-likeness (QED) is 0.389. The molecule has 2 fully saturated rings. The summed E-state index contributed by atoms with van der Waals surface area (Å²) in [6.07, 6.45) is 2.42. The van der Waals surface area contributed by atoms with Crippen LogP contribution in [0.5, 0.6) is 11.5 Å². The molecule has 0 aliphatic carbocycles. The summed E-state index contributed by atoms with van der Waals surface area (Å²) in [5, 5.41) is 10.3. The number of nitrogens with two attached hydrogens (primary N) is 1. The van der Waals surface area contributed by atoms with Crippen LogP contribution in [-0.4, -0.2) is 95.6 Å². The van der Waals surface area contributed by atoms with E-state index < -0.39 is 23.8 Å². The zero-order valence-corrected chi connectivity index (χ0v) is 21.3. The molecule has 1 aromatic carbocycles. The van der Waals surface area contributed by atoms with Crippen LogP contribution < -0.4 is 15.2 Å². The van der Waals surface area contributed by atoms with Crippen molar-refractivity contribution >= 4 is 23.7 Å². The largest absolute Gasteiger partial charge is 0.481 e. The molecule has 3 heterocycles. The third-order valence-electron chi connectivity index (χ3n) is 7.53. The average Bonchev–Trinajstić information content (AvgIpc) is 3.57. The second-order valence-electron chi connectivity index (χ2n) is 9.83. The number of hydrogen-bond acceptors (Lipinski definition) is 8. The number of carboxylic acids is 1. The molecule has 3 amide bonds. The van der Waals surface area contributed by atoms with Gasteiger partial charge in [0.15, 0.2) is 11.5 Å². The van der Waals surface area contributed by atoms with Gasteiger partial charge in [-0.25, -0.2) is 0 Å². The highest BCUT2D eigenvalue weighted by atomic mass is 16.7. The maximum absolute atomic E-state index is 13.3. The lowest BCUT2D eigenvalue weighted by atomic mass is 9.84.